The maximum Gasteiger partial charge on any atom is 0.410 e. The van der Waals surface area contributed by atoms with Gasteiger partial charge in [-0.25, -0.2) is 9.18 Å². The van der Waals surface area contributed by atoms with Crippen molar-refractivity contribution in [1.82, 2.24) is 4.90 Å². The van der Waals surface area contributed by atoms with Crippen LogP contribution in [-0.4, -0.2) is 29.7 Å². The van der Waals surface area contributed by atoms with E-state index in [9.17, 15) is 14.4 Å². The lowest BCUT2D eigenvalue weighted by molar-refractivity contribution is 0.0866. The molecular formula is C30H25FN2O2. The number of ether oxygens (including phenoxy) is 1. The molecule has 5 heteroatoms. The van der Waals surface area contributed by atoms with Crippen LogP contribution in [0.5, 0.6) is 0 Å². The first-order valence-corrected chi connectivity index (χ1v) is 12.1. The zero-order valence-electron chi connectivity index (χ0n) is 19.3. The molecule has 6 rings (SSSR count). The molecule has 4 nitrogen and oxygen atoms in total. The molecule has 174 valence electrons. The minimum atomic E-state index is -0.311. The minimum absolute atomic E-state index is 0.0221. The summed E-state index contributed by atoms with van der Waals surface area (Å²) in [5.74, 6) is -0.283. The van der Waals surface area contributed by atoms with E-state index in [1.54, 1.807) is 6.07 Å². The Labute approximate surface area is 204 Å². The number of nitrogens with zero attached hydrogens (tertiary/aromatic N) is 2. The summed E-state index contributed by atoms with van der Waals surface area (Å²) < 4.78 is 20.0. The van der Waals surface area contributed by atoms with Crippen molar-refractivity contribution in [2.45, 2.75) is 43.7 Å². The lowest BCUT2D eigenvalue weighted by Gasteiger charge is -2.34. The third-order valence-corrected chi connectivity index (χ3v) is 7.63. The van der Waals surface area contributed by atoms with E-state index in [0.29, 0.717) is 13.0 Å². The van der Waals surface area contributed by atoms with Crippen LogP contribution in [0.1, 0.15) is 47.4 Å². The zero-order chi connectivity index (χ0) is 23.9. The van der Waals surface area contributed by atoms with Gasteiger partial charge >= 0.3 is 6.09 Å². The van der Waals surface area contributed by atoms with E-state index >= 15 is 0 Å². The van der Waals surface area contributed by atoms with Crippen molar-refractivity contribution >= 4 is 11.7 Å². The molecule has 2 bridgehead atoms. The number of carbonyl (C=O) groups is 1. The SMILES string of the molecule is N#CCc1ccc(F)cc1C1=CC2CCC(C1)N2C(=O)OCC1c2ccccc2-c2ccccc21. The van der Waals surface area contributed by atoms with Crippen molar-refractivity contribution in [1.29, 1.82) is 5.26 Å². The fraction of sp³-hybridized carbons (Fsp3) is 0.267. The fourth-order valence-electron chi connectivity index (χ4n) is 6.07. The number of hydrogen-bond acceptors (Lipinski definition) is 3. The first-order valence-electron chi connectivity index (χ1n) is 12.1. The van der Waals surface area contributed by atoms with Gasteiger partial charge in [0.1, 0.15) is 12.4 Å². The van der Waals surface area contributed by atoms with E-state index in [0.717, 1.165) is 29.5 Å². The summed E-state index contributed by atoms with van der Waals surface area (Å²) in [7, 11) is 0. The third kappa shape index (κ3) is 3.70. The molecule has 3 aromatic rings. The molecule has 2 aliphatic heterocycles. The third-order valence-electron chi connectivity index (χ3n) is 7.63. The van der Waals surface area contributed by atoms with Gasteiger partial charge in [-0.3, -0.25) is 4.90 Å². The molecule has 3 aliphatic rings. The topological polar surface area (TPSA) is 53.3 Å². The molecule has 1 saturated heterocycles. The van der Waals surface area contributed by atoms with Gasteiger partial charge in [-0.1, -0.05) is 60.7 Å². The van der Waals surface area contributed by atoms with E-state index in [1.165, 1.54) is 34.4 Å². The van der Waals surface area contributed by atoms with Crippen molar-refractivity contribution in [3.05, 3.63) is 101 Å². The van der Waals surface area contributed by atoms with Gasteiger partial charge in [0.25, 0.3) is 0 Å². The first kappa shape index (κ1) is 21.6. The van der Waals surface area contributed by atoms with E-state index in [4.69, 9.17) is 4.74 Å². The minimum Gasteiger partial charge on any atom is -0.448 e. The lowest BCUT2D eigenvalue weighted by Crippen LogP contribution is -2.43. The second kappa shape index (κ2) is 8.70. The van der Waals surface area contributed by atoms with Gasteiger partial charge in [-0.2, -0.15) is 5.26 Å². The van der Waals surface area contributed by atoms with Crippen LogP contribution in [0.15, 0.2) is 72.8 Å². The Morgan fingerprint density at radius 1 is 1.00 bits per heavy atom. The maximum absolute atomic E-state index is 14.0. The van der Waals surface area contributed by atoms with Gasteiger partial charge in [0, 0.05) is 12.0 Å². The summed E-state index contributed by atoms with van der Waals surface area (Å²) in [6.07, 6.45) is 4.41. The van der Waals surface area contributed by atoms with Crippen LogP contribution in [0.25, 0.3) is 16.7 Å². The molecule has 1 aliphatic carbocycles. The monoisotopic (exact) mass is 464 g/mol. The summed E-state index contributed by atoms with van der Waals surface area (Å²) in [4.78, 5) is 15.1. The van der Waals surface area contributed by atoms with Crippen molar-refractivity contribution < 1.29 is 13.9 Å². The molecular weight excluding hydrogens is 439 g/mol. The summed E-state index contributed by atoms with van der Waals surface area (Å²) in [6.45, 7) is 0.301. The van der Waals surface area contributed by atoms with Gasteiger partial charge in [-0.05, 0) is 70.3 Å². The molecule has 2 heterocycles. The molecule has 0 saturated carbocycles. The Balaban J connectivity index is 1.21. The standard InChI is InChI=1S/C30H25FN2O2/c31-21-10-9-19(13-14-32)28(17-21)20-15-22-11-12-23(16-20)33(22)30(34)35-18-29-26-7-3-1-5-24(26)25-6-2-4-8-27(25)29/h1-10,15,17,22-23,29H,11-13,16,18H2. The number of hydrogen-bond donors (Lipinski definition) is 0. The summed E-state index contributed by atoms with van der Waals surface area (Å²) in [5.41, 5.74) is 7.44. The van der Waals surface area contributed by atoms with Crippen LogP contribution in [-0.2, 0) is 11.2 Å². The Kier molecular flexibility index (Phi) is 5.37. The molecule has 1 amide bonds. The average Bonchev–Trinajstić information content (AvgIpc) is 3.34. The summed E-state index contributed by atoms with van der Waals surface area (Å²) in [5, 5.41) is 9.18. The number of benzene rings is 3. The second-order valence-corrected chi connectivity index (χ2v) is 9.54. The predicted octanol–water partition coefficient (Wildman–Crippen LogP) is 6.46. The highest BCUT2D eigenvalue weighted by Crippen LogP contribution is 2.45. The molecule has 0 spiro atoms. The maximum atomic E-state index is 14.0. The molecule has 0 radical (unpaired) electrons. The summed E-state index contributed by atoms with van der Waals surface area (Å²) in [6, 6.07) is 23.4. The van der Waals surface area contributed by atoms with Crippen molar-refractivity contribution in [3.8, 4) is 17.2 Å². The smallest absolute Gasteiger partial charge is 0.410 e. The van der Waals surface area contributed by atoms with E-state index < -0.39 is 0 Å². The zero-order valence-corrected chi connectivity index (χ0v) is 19.3. The van der Waals surface area contributed by atoms with Crippen molar-refractivity contribution in [2.75, 3.05) is 6.61 Å². The van der Waals surface area contributed by atoms with Gasteiger partial charge < -0.3 is 4.74 Å². The van der Waals surface area contributed by atoms with E-state index in [1.807, 2.05) is 29.2 Å². The number of nitriles is 1. The molecule has 2 unspecified atom stereocenters. The van der Waals surface area contributed by atoms with Crippen LogP contribution in [0.4, 0.5) is 9.18 Å². The average molecular weight is 465 g/mol. The Morgan fingerprint density at radius 2 is 1.71 bits per heavy atom. The quantitative estimate of drug-likeness (QED) is 0.445. The molecule has 0 aromatic heterocycles. The van der Waals surface area contributed by atoms with Gasteiger partial charge in [-0.15, -0.1) is 0 Å². The number of fused-ring (bicyclic) bond motifs is 5. The van der Waals surface area contributed by atoms with Crippen LogP contribution in [0.3, 0.4) is 0 Å². The molecule has 2 atom stereocenters. The molecule has 0 N–H and O–H groups in total. The van der Waals surface area contributed by atoms with E-state index in [-0.39, 0.29) is 36.3 Å². The van der Waals surface area contributed by atoms with Crippen LogP contribution in [0.2, 0.25) is 0 Å². The van der Waals surface area contributed by atoms with Crippen LogP contribution >= 0.6 is 0 Å². The normalized spacial score (nSPS) is 20.1. The predicted molar refractivity (Wildman–Crippen MR) is 132 cm³/mol. The highest BCUT2D eigenvalue weighted by Gasteiger charge is 2.41. The second-order valence-electron chi connectivity index (χ2n) is 9.54. The van der Waals surface area contributed by atoms with Gasteiger partial charge in [0.15, 0.2) is 0 Å². The van der Waals surface area contributed by atoms with Gasteiger partial charge in [0.05, 0.1) is 18.5 Å². The van der Waals surface area contributed by atoms with Gasteiger partial charge in [0.2, 0.25) is 0 Å². The Hall–Kier alpha value is -3.91. The van der Waals surface area contributed by atoms with Crippen LogP contribution in [0, 0.1) is 17.1 Å². The molecule has 35 heavy (non-hydrogen) atoms. The molecule has 1 fully saturated rings. The first-order chi connectivity index (χ1) is 17.1. The Bertz CT molecular complexity index is 1340. The summed E-state index contributed by atoms with van der Waals surface area (Å²) >= 11 is 0. The van der Waals surface area contributed by atoms with E-state index in [2.05, 4.69) is 36.4 Å². The van der Waals surface area contributed by atoms with Crippen molar-refractivity contribution in [2.24, 2.45) is 0 Å². The number of rotatable bonds is 4. The van der Waals surface area contributed by atoms with Crippen LogP contribution < -0.4 is 0 Å². The number of carbonyl (C=O) groups excluding carboxylic acids is 1. The largest absolute Gasteiger partial charge is 0.448 e. The van der Waals surface area contributed by atoms with Crippen molar-refractivity contribution in [3.63, 3.8) is 0 Å². The molecule has 3 aromatic carbocycles. The Morgan fingerprint density at radius 3 is 2.40 bits per heavy atom. The number of amides is 1. The lowest BCUT2D eigenvalue weighted by atomic mass is 9.90. The highest BCUT2D eigenvalue weighted by atomic mass is 19.1. The number of halogens is 1. The highest BCUT2D eigenvalue weighted by molar-refractivity contribution is 5.79. The fourth-order valence-corrected chi connectivity index (χ4v) is 6.07.